The van der Waals surface area contributed by atoms with E-state index in [1.807, 2.05) is 59.4 Å². The van der Waals surface area contributed by atoms with Gasteiger partial charge in [-0.05, 0) is 31.9 Å². The summed E-state index contributed by atoms with van der Waals surface area (Å²) in [4.78, 5) is 19.1. The minimum absolute atomic E-state index is 0.0597. The summed E-state index contributed by atoms with van der Waals surface area (Å²) in [6.07, 6.45) is 9.35. The highest BCUT2D eigenvalue weighted by Crippen LogP contribution is 2.24. The number of likely N-dealkylation sites (tertiary alicyclic amines) is 1. The molecule has 25 heavy (non-hydrogen) atoms. The molecular weight excluding hydrogens is 314 g/mol. The molecule has 1 fully saturated rings. The highest BCUT2D eigenvalue weighted by atomic mass is 16.2. The van der Waals surface area contributed by atoms with Crippen molar-refractivity contribution < 1.29 is 4.79 Å². The number of aromatic nitrogens is 4. The third-order valence-corrected chi connectivity index (χ3v) is 4.87. The van der Waals surface area contributed by atoms with E-state index < -0.39 is 0 Å². The maximum absolute atomic E-state index is 13.0. The van der Waals surface area contributed by atoms with Gasteiger partial charge in [0.2, 0.25) is 0 Å². The molecule has 3 aromatic rings. The molecule has 0 spiro atoms. The summed E-state index contributed by atoms with van der Waals surface area (Å²) in [5.41, 5.74) is 2.52. The minimum atomic E-state index is 0.0597. The van der Waals surface area contributed by atoms with Crippen molar-refractivity contribution in [3.05, 3.63) is 66.5 Å². The molecule has 1 amide bonds. The van der Waals surface area contributed by atoms with Gasteiger partial charge in [-0.2, -0.15) is 5.10 Å². The van der Waals surface area contributed by atoms with Crippen LogP contribution in [0.5, 0.6) is 0 Å². The predicted molar refractivity (Wildman–Crippen MR) is 94.7 cm³/mol. The van der Waals surface area contributed by atoms with Crippen molar-refractivity contribution >= 4 is 5.91 Å². The largest absolute Gasteiger partial charge is 0.336 e. The molecule has 0 unspecified atom stereocenters. The van der Waals surface area contributed by atoms with Crippen LogP contribution < -0.4 is 0 Å². The lowest BCUT2D eigenvalue weighted by atomic mass is 10.0. The molecule has 0 aliphatic carbocycles. The van der Waals surface area contributed by atoms with Crippen molar-refractivity contribution in [3.63, 3.8) is 0 Å². The Hall–Kier alpha value is -2.89. The maximum atomic E-state index is 13.0. The lowest BCUT2D eigenvalue weighted by molar-refractivity contribution is 0.0678. The zero-order valence-corrected chi connectivity index (χ0v) is 14.2. The average Bonchev–Trinajstić information content (AvgIpc) is 3.32. The molecule has 4 rings (SSSR count). The highest BCUT2D eigenvalue weighted by molar-refractivity contribution is 5.95. The minimum Gasteiger partial charge on any atom is -0.336 e. The number of nitrogens with zero attached hydrogens (tertiary/aromatic N) is 5. The van der Waals surface area contributed by atoms with E-state index in [0.29, 0.717) is 18.2 Å². The van der Waals surface area contributed by atoms with Gasteiger partial charge in [0.15, 0.2) is 0 Å². The van der Waals surface area contributed by atoms with E-state index in [4.69, 9.17) is 0 Å². The summed E-state index contributed by atoms with van der Waals surface area (Å²) >= 11 is 0. The van der Waals surface area contributed by atoms with Crippen LogP contribution >= 0.6 is 0 Å². The molecule has 0 N–H and O–H groups in total. The molecule has 1 atom stereocenters. The predicted octanol–water partition coefficient (Wildman–Crippen LogP) is 2.85. The fourth-order valence-electron chi connectivity index (χ4n) is 3.49. The molecule has 1 saturated heterocycles. The van der Waals surface area contributed by atoms with Crippen molar-refractivity contribution in [1.82, 2.24) is 24.2 Å². The second-order valence-electron chi connectivity index (χ2n) is 6.45. The summed E-state index contributed by atoms with van der Waals surface area (Å²) in [5, 5.41) is 4.42. The zero-order chi connectivity index (χ0) is 17.2. The van der Waals surface area contributed by atoms with Gasteiger partial charge in [-0.1, -0.05) is 18.2 Å². The van der Waals surface area contributed by atoms with Crippen LogP contribution in [0.2, 0.25) is 0 Å². The number of amides is 1. The van der Waals surface area contributed by atoms with Gasteiger partial charge >= 0.3 is 0 Å². The molecule has 6 heteroatoms. The van der Waals surface area contributed by atoms with E-state index in [-0.39, 0.29) is 5.91 Å². The SMILES string of the molecule is Cc1c(C(=O)N2CCC[C@H](n3ccnc3)C2)cnn1-c1ccccc1. The lowest BCUT2D eigenvalue weighted by Crippen LogP contribution is -2.40. The maximum Gasteiger partial charge on any atom is 0.257 e. The fraction of sp³-hybridized carbons (Fsp3) is 0.316. The molecule has 1 aromatic carbocycles. The Morgan fingerprint density at radius 3 is 2.84 bits per heavy atom. The number of hydrogen-bond donors (Lipinski definition) is 0. The lowest BCUT2D eigenvalue weighted by Gasteiger charge is -2.33. The number of para-hydroxylation sites is 1. The molecule has 0 radical (unpaired) electrons. The van der Waals surface area contributed by atoms with Gasteiger partial charge in [-0.3, -0.25) is 4.79 Å². The Labute approximate surface area is 146 Å². The number of rotatable bonds is 3. The molecule has 1 aliphatic rings. The molecule has 128 valence electrons. The first-order valence-corrected chi connectivity index (χ1v) is 8.61. The highest BCUT2D eigenvalue weighted by Gasteiger charge is 2.27. The smallest absolute Gasteiger partial charge is 0.257 e. The number of imidazole rings is 1. The Kier molecular flexibility index (Phi) is 4.09. The summed E-state index contributed by atoms with van der Waals surface area (Å²) in [7, 11) is 0. The van der Waals surface area contributed by atoms with Gasteiger partial charge in [0.05, 0.1) is 35.5 Å². The van der Waals surface area contributed by atoms with E-state index in [1.165, 1.54) is 0 Å². The first kappa shape index (κ1) is 15.6. The molecule has 6 nitrogen and oxygen atoms in total. The quantitative estimate of drug-likeness (QED) is 0.739. The Balaban J connectivity index is 1.56. The van der Waals surface area contributed by atoms with Gasteiger partial charge < -0.3 is 9.47 Å². The monoisotopic (exact) mass is 335 g/mol. The topological polar surface area (TPSA) is 56.0 Å². The summed E-state index contributed by atoms with van der Waals surface area (Å²) in [6.45, 7) is 3.45. The van der Waals surface area contributed by atoms with E-state index >= 15 is 0 Å². The van der Waals surface area contributed by atoms with Crippen LogP contribution in [-0.4, -0.2) is 43.2 Å². The van der Waals surface area contributed by atoms with Crippen LogP contribution in [0.4, 0.5) is 0 Å². The molecule has 0 bridgehead atoms. The standard InChI is InChI=1S/C19H21N5O/c1-15-18(12-21-24(15)16-6-3-2-4-7-16)19(25)22-10-5-8-17(13-22)23-11-9-20-14-23/h2-4,6-7,9,11-12,14,17H,5,8,10,13H2,1H3/t17-/m0/s1. The summed E-state index contributed by atoms with van der Waals surface area (Å²) < 4.78 is 3.92. The van der Waals surface area contributed by atoms with Crippen molar-refractivity contribution in [3.8, 4) is 5.69 Å². The second kappa shape index (κ2) is 6.55. The average molecular weight is 335 g/mol. The van der Waals surface area contributed by atoms with Gasteiger partial charge in [-0.15, -0.1) is 0 Å². The van der Waals surface area contributed by atoms with Crippen LogP contribution in [0.15, 0.2) is 55.2 Å². The summed E-state index contributed by atoms with van der Waals surface area (Å²) in [6, 6.07) is 10.2. The van der Waals surface area contributed by atoms with Gasteiger partial charge in [0.1, 0.15) is 0 Å². The number of carbonyl (C=O) groups excluding carboxylic acids is 1. The number of hydrogen-bond acceptors (Lipinski definition) is 3. The van der Waals surface area contributed by atoms with Crippen LogP contribution in [0.1, 0.15) is 34.9 Å². The van der Waals surface area contributed by atoms with E-state index in [1.54, 1.807) is 12.4 Å². The number of piperidine rings is 1. The third-order valence-electron chi connectivity index (χ3n) is 4.87. The van der Waals surface area contributed by atoms with Crippen LogP contribution in [0.25, 0.3) is 5.69 Å². The molecular formula is C19H21N5O. The van der Waals surface area contributed by atoms with Crippen molar-refractivity contribution in [1.29, 1.82) is 0 Å². The molecule has 2 aromatic heterocycles. The second-order valence-corrected chi connectivity index (χ2v) is 6.45. The molecule has 1 aliphatic heterocycles. The van der Waals surface area contributed by atoms with Crippen molar-refractivity contribution in [2.75, 3.05) is 13.1 Å². The number of benzene rings is 1. The normalized spacial score (nSPS) is 17.6. The molecule has 0 saturated carbocycles. The van der Waals surface area contributed by atoms with E-state index in [0.717, 1.165) is 30.8 Å². The van der Waals surface area contributed by atoms with Gasteiger partial charge in [0, 0.05) is 25.5 Å². The van der Waals surface area contributed by atoms with E-state index in [9.17, 15) is 4.79 Å². The van der Waals surface area contributed by atoms with Crippen LogP contribution in [-0.2, 0) is 0 Å². The van der Waals surface area contributed by atoms with Crippen molar-refractivity contribution in [2.24, 2.45) is 0 Å². The summed E-state index contributed by atoms with van der Waals surface area (Å²) in [5.74, 6) is 0.0597. The molecule has 3 heterocycles. The van der Waals surface area contributed by atoms with E-state index in [2.05, 4.69) is 14.6 Å². The fourth-order valence-corrected chi connectivity index (χ4v) is 3.49. The van der Waals surface area contributed by atoms with Crippen LogP contribution in [0.3, 0.4) is 0 Å². The third kappa shape index (κ3) is 2.95. The van der Waals surface area contributed by atoms with Crippen LogP contribution in [0, 0.1) is 6.92 Å². The first-order valence-electron chi connectivity index (χ1n) is 8.61. The number of carbonyl (C=O) groups is 1. The van der Waals surface area contributed by atoms with Crippen molar-refractivity contribution in [2.45, 2.75) is 25.8 Å². The Morgan fingerprint density at radius 1 is 1.24 bits per heavy atom. The van der Waals surface area contributed by atoms with Gasteiger partial charge in [0.25, 0.3) is 5.91 Å². The zero-order valence-electron chi connectivity index (χ0n) is 14.2. The first-order chi connectivity index (χ1) is 12.2. The Morgan fingerprint density at radius 2 is 2.08 bits per heavy atom. The Bertz CT molecular complexity index is 853. The van der Waals surface area contributed by atoms with Gasteiger partial charge in [-0.25, -0.2) is 9.67 Å².